The molecule has 156 valence electrons. The van der Waals surface area contributed by atoms with E-state index in [0.717, 1.165) is 11.1 Å². The highest BCUT2D eigenvalue weighted by Crippen LogP contribution is 2.15. The van der Waals surface area contributed by atoms with E-state index in [4.69, 9.17) is 4.42 Å². The SMILES string of the molecule is O=C(CCc1ccccc1)N(Cc1ccc(F)cc1)Cc1coc2ccccc2c1=O. The molecule has 0 N–H and O–H groups in total. The Morgan fingerprint density at radius 2 is 1.55 bits per heavy atom. The highest BCUT2D eigenvalue weighted by Gasteiger charge is 2.18. The Morgan fingerprint density at radius 3 is 2.32 bits per heavy atom. The number of amides is 1. The normalized spacial score (nSPS) is 10.9. The van der Waals surface area contributed by atoms with Crippen LogP contribution in [-0.4, -0.2) is 10.8 Å². The molecule has 0 aliphatic heterocycles. The highest BCUT2D eigenvalue weighted by atomic mass is 19.1. The van der Waals surface area contributed by atoms with Crippen molar-refractivity contribution < 1.29 is 13.6 Å². The number of benzene rings is 3. The third-order valence-corrected chi connectivity index (χ3v) is 5.22. The van der Waals surface area contributed by atoms with Crippen LogP contribution < -0.4 is 5.43 Å². The van der Waals surface area contributed by atoms with Gasteiger partial charge in [-0.2, -0.15) is 0 Å². The minimum atomic E-state index is -0.333. The molecule has 0 saturated carbocycles. The average Bonchev–Trinajstić information content (AvgIpc) is 2.81. The molecular formula is C26H22FNO3. The zero-order valence-electron chi connectivity index (χ0n) is 17.0. The summed E-state index contributed by atoms with van der Waals surface area (Å²) < 4.78 is 18.9. The molecule has 0 fully saturated rings. The average molecular weight is 415 g/mol. The number of para-hydroxylation sites is 1. The first-order valence-electron chi connectivity index (χ1n) is 10.2. The summed E-state index contributed by atoms with van der Waals surface area (Å²) in [6.45, 7) is 0.401. The standard InChI is InChI=1S/C26H22FNO3/c27-22-13-10-20(11-14-22)16-28(25(29)15-12-19-6-2-1-3-7-19)17-21-18-31-24-9-5-4-8-23(24)26(21)30/h1-11,13-14,18H,12,15-17H2. The van der Waals surface area contributed by atoms with Crippen LogP contribution in [0.4, 0.5) is 4.39 Å². The van der Waals surface area contributed by atoms with Gasteiger partial charge in [0.25, 0.3) is 0 Å². The van der Waals surface area contributed by atoms with Crippen LogP contribution in [0.1, 0.15) is 23.1 Å². The molecule has 0 unspecified atom stereocenters. The van der Waals surface area contributed by atoms with Gasteiger partial charge in [-0.25, -0.2) is 4.39 Å². The van der Waals surface area contributed by atoms with Gasteiger partial charge in [0.1, 0.15) is 11.4 Å². The van der Waals surface area contributed by atoms with Crippen LogP contribution in [0.5, 0.6) is 0 Å². The van der Waals surface area contributed by atoms with Crippen LogP contribution in [0.15, 0.2) is 94.3 Å². The van der Waals surface area contributed by atoms with Gasteiger partial charge in [-0.15, -0.1) is 0 Å². The third-order valence-electron chi connectivity index (χ3n) is 5.22. The number of aryl methyl sites for hydroxylation is 1. The van der Waals surface area contributed by atoms with Crippen molar-refractivity contribution in [2.24, 2.45) is 0 Å². The molecule has 0 aliphatic rings. The Hall–Kier alpha value is -3.73. The van der Waals surface area contributed by atoms with E-state index in [-0.39, 0.29) is 30.2 Å². The summed E-state index contributed by atoms with van der Waals surface area (Å²) in [5, 5.41) is 0.485. The molecule has 0 bridgehead atoms. The summed E-state index contributed by atoms with van der Waals surface area (Å²) >= 11 is 0. The van der Waals surface area contributed by atoms with Crippen molar-refractivity contribution in [2.45, 2.75) is 25.9 Å². The fourth-order valence-corrected chi connectivity index (χ4v) is 3.53. The van der Waals surface area contributed by atoms with E-state index in [0.29, 0.717) is 29.4 Å². The van der Waals surface area contributed by atoms with Gasteiger partial charge >= 0.3 is 0 Å². The van der Waals surface area contributed by atoms with Crippen molar-refractivity contribution >= 4 is 16.9 Å². The lowest BCUT2D eigenvalue weighted by Crippen LogP contribution is -2.32. The minimum absolute atomic E-state index is 0.0827. The molecule has 0 spiro atoms. The van der Waals surface area contributed by atoms with E-state index in [1.54, 1.807) is 41.3 Å². The van der Waals surface area contributed by atoms with E-state index in [2.05, 4.69) is 0 Å². The van der Waals surface area contributed by atoms with Crippen LogP contribution in [0, 0.1) is 5.82 Å². The van der Waals surface area contributed by atoms with Crippen LogP contribution in [0.3, 0.4) is 0 Å². The lowest BCUT2D eigenvalue weighted by Gasteiger charge is -2.23. The molecule has 0 radical (unpaired) electrons. The Bertz CT molecular complexity index is 1230. The lowest BCUT2D eigenvalue weighted by atomic mass is 10.1. The maximum Gasteiger partial charge on any atom is 0.223 e. The van der Waals surface area contributed by atoms with Gasteiger partial charge in [0, 0.05) is 13.0 Å². The Labute approximate surface area is 179 Å². The van der Waals surface area contributed by atoms with Crippen molar-refractivity contribution in [2.75, 3.05) is 0 Å². The molecule has 0 aliphatic carbocycles. The van der Waals surface area contributed by atoms with Gasteiger partial charge in [-0.3, -0.25) is 9.59 Å². The Balaban J connectivity index is 1.58. The molecule has 0 atom stereocenters. The number of rotatable bonds is 7. The van der Waals surface area contributed by atoms with E-state index in [1.807, 2.05) is 30.3 Å². The fourth-order valence-electron chi connectivity index (χ4n) is 3.53. The van der Waals surface area contributed by atoms with Gasteiger partial charge in [-0.1, -0.05) is 54.6 Å². The topological polar surface area (TPSA) is 50.5 Å². The monoisotopic (exact) mass is 415 g/mol. The highest BCUT2D eigenvalue weighted by molar-refractivity contribution is 5.78. The first-order chi connectivity index (χ1) is 15.1. The zero-order chi connectivity index (χ0) is 21.6. The first kappa shape index (κ1) is 20.5. The summed E-state index contributed by atoms with van der Waals surface area (Å²) in [7, 11) is 0. The number of halogens is 1. The summed E-state index contributed by atoms with van der Waals surface area (Å²) in [5.41, 5.74) is 2.63. The summed E-state index contributed by atoms with van der Waals surface area (Å²) in [5.74, 6) is -0.415. The van der Waals surface area contributed by atoms with E-state index < -0.39 is 0 Å². The molecule has 1 amide bonds. The molecule has 31 heavy (non-hydrogen) atoms. The van der Waals surface area contributed by atoms with Crippen LogP contribution >= 0.6 is 0 Å². The van der Waals surface area contributed by atoms with E-state index in [1.165, 1.54) is 18.4 Å². The lowest BCUT2D eigenvalue weighted by molar-refractivity contribution is -0.132. The molecule has 3 aromatic carbocycles. The molecule has 1 heterocycles. The first-order valence-corrected chi connectivity index (χ1v) is 10.2. The number of carbonyl (C=O) groups is 1. The van der Waals surface area contributed by atoms with Crippen LogP contribution in [0.2, 0.25) is 0 Å². The molecule has 0 saturated heterocycles. The van der Waals surface area contributed by atoms with Crippen molar-refractivity contribution in [3.63, 3.8) is 0 Å². The van der Waals surface area contributed by atoms with E-state index in [9.17, 15) is 14.0 Å². The molecular weight excluding hydrogens is 393 g/mol. The number of hydrogen-bond acceptors (Lipinski definition) is 3. The zero-order valence-corrected chi connectivity index (χ0v) is 17.0. The van der Waals surface area contributed by atoms with Gasteiger partial charge in [-0.05, 0) is 41.8 Å². The molecule has 4 aromatic rings. The van der Waals surface area contributed by atoms with Gasteiger partial charge in [0.2, 0.25) is 5.91 Å². The van der Waals surface area contributed by atoms with Crippen molar-refractivity contribution in [1.82, 2.24) is 4.90 Å². The van der Waals surface area contributed by atoms with Gasteiger partial charge in [0.15, 0.2) is 5.43 Å². The molecule has 4 rings (SSSR count). The maximum atomic E-state index is 13.3. The Morgan fingerprint density at radius 1 is 0.839 bits per heavy atom. The fraction of sp³-hybridized carbons (Fsp3) is 0.154. The maximum absolute atomic E-state index is 13.3. The summed E-state index contributed by atoms with van der Waals surface area (Å²) in [6, 6.07) is 22.9. The van der Waals surface area contributed by atoms with Crippen LogP contribution in [-0.2, 0) is 24.3 Å². The third kappa shape index (κ3) is 5.07. The number of hydrogen-bond donors (Lipinski definition) is 0. The van der Waals surface area contributed by atoms with Gasteiger partial charge < -0.3 is 9.32 Å². The Kier molecular flexibility index (Phi) is 6.22. The van der Waals surface area contributed by atoms with Crippen molar-refractivity contribution in [1.29, 1.82) is 0 Å². The predicted octanol–water partition coefficient (Wildman–Crippen LogP) is 5.09. The molecule has 5 heteroatoms. The number of carbonyl (C=O) groups excluding carboxylic acids is 1. The smallest absolute Gasteiger partial charge is 0.223 e. The van der Waals surface area contributed by atoms with Gasteiger partial charge in [0.05, 0.1) is 23.8 Å². The second-order valence-electron chi connectivity index (χ2n) is 7.45. The number of fused-ring (bicyclic) bond motifs is 1. The largest absolute Gasteiger partial charge is 0.464 e. The van der Waals surface area contributed by atoms with Crippen molar-refractivity contribution in [3.8, 4) is 0 Å². The summed E-state index contributed by atoms with van der Waals surface area (Å²) in [6.07, 6.45) is 2.34. The second-order valence-corrected chi connectivity index (χ2v) is 7.45. The number of nitrogens with zero attached hydrogens (tertiary/aromatic N) is 1. The second kappa shape index (κ2) is 9.39. The van der Waals surface area contributed by atoms with Crippen LogP contribution in [0.25, 0.3) is 11.0 Å². The van der Waals surface area contributed by atoms with E-state index >= 15 is 0 Å². The minimum Gasteiger partial charge on any atom is -0.464 e. The van der Waals surface area contributed by atoms with Crippen molar-refractivity contribution in [3.05, 3.63) is 118 Å². The molecule has 4 nitrogen and oxygen atoms in total. The quantitative estimate of drug-likeness (QED) is 0.422. The summed E-state index contributed by atoms with van der Waals surface area (Å²) in [4.78, 5) is 27.6. The predicted molar refractivity (Wildman–Crippen MR) is 118 cm³/mol. The molecule has 1 aromatic heterocycles.